The molecule has 0 saturated carbocycles. The minimum absolute atomic E-state index is 0.212. The number of thioether (sulfide) groups is 1. The number of nitrogen functional groups attached to an aromatic ring is 1. The lowest BCUT2D eigenvalue weighted by Crippen LogP contribution is -1.92. The number of benzene rings is 2. The molecule has 2 rings (SSSR count). The van der Waals surface area contributed by atoms with E-state index in [1.807, 2.05) is 18.2 Å². The van der Waals surface area contributed by atoms with E-state index in [1.165, 1.54) is 17.8 Å². The molecule has 0 amide bonds. The summed E-state index contributed by atoms with van der Waals surface area (Å²) in [7, 11) is 1.60. The number of methoxy groups -OCH3 is 1. The van der Waals surface area contributed by atoms with Gasteiger partial charge >= 0.3 is 0 Å². The van der Waals surface area contributed by atoms with Crippen molar-refractivity contribution in [1.29, 1.82) is 0 Å². The van der Waals surface area contributed by atoms with Gasteiger partial charge in [0.25, 0.3) is 0 Å². The highest BCUT2D eigenvalue weighted by molar-refractivity contribution is 9.10. The van der Waals surface area contributed by atoms with E-state index in [0.717, 1.165) is 9.37 Å². The molecule has 0 fully saturated rings. The van der Waals surface area contributed by atoms with Crippen LogP contribution in [0.3, 0.4) is 0 Å². The Bertz CT molecular complexity index is 592. The fraction of sp³-hybridized carbons (Fsp3) is 0.143. The van der Waals surface area contributed by atoms with Gasteiger partial charge in [0.05, 0.1) is 7.11 Å². The molecule has 2 N–H and O–H groups in total. The third-order valence-corrected chi connectivity index (χ3v) is 4.18. The summed E-state index contributed by atoms with van der Waals surface area (Å²) in [5.41, 5.74) is 7.01. The number of hydrogen-bond acceptors (Lipinski definition) is 3. The van der Waals surface area contributed by atoms with Gasteiger partial charge in [-0.3, -0.25) is 0 Å². The smallest absolute Gasteiger partial charge is 0.134 e. The number of rotatable bonds is 4. The average molecular weight is 342 g/mol. The van der Waals surface area contributed by atoms with Gasteiger partial charge in [0.1, 0.15) is 11.6 Å². The molecule has 0 radical (unpaired) electrons. The lowest BCUT2D eigenvalue weighted by atomic mass is 10.2. The molecule has 0 unspecified atom stereocenters. The molecule has 0 aliphatic heterocycles. The molecule has 0 atom stereocenters. The number of halogens is 2. The third kappa shape index (κ3) is 3.64. The Morgan fingerprint density at radius 3 is 2.74 bits per heavy atom. The van der Waals surface area contributed by atoms with Crippen molar-refractivity contribution in [2.45, 2.75) is 10.6 Å². The first-order chi connectivity index (χ1) is 9.10. The Labute approximate surface area is 124 Å². The number of ether oxygens (including phenoxy) is 1. The van der Waals surface area contributed by atoms with Crippen LogP contribution in [0.5, 0.6) is 5.75 Å². The minimum atomic E-state index is -0.212. The average Bonchev–Trinajstić information content (AvgIpc) is 2.39. The summed E-state index contributed by atoms with van der Waals surface area (Å²) in [6, 6.07) is 10.5. The topological polar surface area (TPSA) is 35.2 Å². The Kier molecular flexibility index (Phi) is 4.71. The van der Waals surface area contributed by atoms with Crippen molar-refractivity contribution >= 4 is 33.4 Å². The third-order valence-electron chi connectivity index (χ3n) is 2.59. The van der Waals surface area contributed by atoms with Crippen LogP contribution in [0, 0.1) is 5.82 Å². The maximum absolute atomic E-state index is 13.7. The first-order valence-electron chi connectivity index (χ1n) is 5.60. The van der Waals surface area contributed by atoms with Gasteiger partial charge in [-0.25, -0.2) is 4.39 Å². The molecule has 0 aliphatic rings. The minimum Gasteiger partial charge on any atom is -0.496 e. The van der Waals surface area contributed by atoms with E-state index in [0.29, 0.717) is 22.8 Å². The van der Waals surface area contributed by atoms with Crippen molar-refractivity contribution in [3.63, 3.8) is 0 Å². The first kappa shape index (κ1) is 14.2. The Balaban J connectivity index is 2.14. The van der Waals surface area contributed by atoms with E-state index in [2.05, 4.69) is 15.9 Å². The van der Waals surface area contributed by atoms with Crippen LogP contribution < -0.4 is 10.5 Å². The van der Waals surface area contributed by atoms with Gasteiger partial charge in [-0.05, 0) is 29.8 Å². The second-order valence-electron chi connectivity index (χ2n) is 3.93. The fourth-order valence-electron chi connectivity index (χ4n) is 1.60. The van der Waals surface area contributed by atoms with Gasteiger partial charge in [0.2, 0.25) is 0 Å². The largest absolute Gasteiger partial charge is 0.496 e. The van der Waals surface area contributed by atoms with Crippen molar-refractivity contribution < 1.29 is 9.13 Å². The van der Waals surface area contributed by atoms with E-state index in [9.17, 15) is 4.39 Å². The fourth-order valence-corrected chi connectivity index (χ4v) is 2.92. The Morgan fingerprint density at radius 2 is 2.05 bits per heavy atom. The van der Waals surface area contributed by atoms with E-state index in [4.69, 9.17) is 10.5 Å². The summed E-state index contributed by atoms with van der Waals surface area (Å²) < 4.78 is 19.7. The van der Waals surface area contributed by atoms with E-state index < -0.39 is 0 Å². The molecule has 5 heteroatoms. The lowest BCUT2D eigenvalue weighted by Gasteiger charge is -2.09. The normalized spacial score (nSPS) is 10.5. The zero-order valence-corrected chi connectivity index (χ0v) is 12.7. The molecule has 19 heavy (non-hydrogen) atoms. The van der Waals surface area contributed by atoms with Crippen LogP contribution in [-0.2, 0) is 5.75 Å². The summed E-state index contributed by atoms with van der Waals surface area (Å²) in [6.45, 7) is 0. The zero-order valence-electron chi connectivity index (χ0n) is 10.3. The van der Waals surface area contributed by atoms with E-state index >= 15 is 0 Å². The molecule has 0 saturated heterocycles. The molecule has 0 heterocycles. The quantitative estimate of drug-likeness (QED) is 0.658. The van der Waals surface area contributed by atoms with E-state index in [1.54, 1.807) is 19.2 Å². The summed E-state index contributed by atoms with van der Waals surface area (Å²) in [6.07, 6.45) is 0. The molecular formula is C14H13BrFNOS. The van der Waals surface area contributed by atoms with E-state index in [-0.39, 0.29) is 5.82 Å². The highest BCUT2D eigenvalue weighted by Crippen LogP contribution is 2.33. The molecule has 0 aromatic heterocycles. The van der Waals surface area contributed by atoms with Gasteiger partial charge in [0, 0.05) is 26.9 Å². The lowest BCUT2D eigenvalue weighted by molar-refractivity contribution is 0.405. The second kappa shape index (κ2) is 6.30. The predicted molar refractivity (Wildman–Crippen MR) is 81.1 cm³/mol. The Hall–Kier alpha value is -1.20. The molecule has 2 aromatic carbocycles. The van der Waals surface area contributed by atoms with Crippen molar-refractivity contribution in [3.05, 3.63) is 52.3 Å². The van der Waals surface area contributed by atoms with Gasteiger partial charge in [-0.1, -0.05) is 22.0 Å². The van der Waals surface area contributed by atoms with Crippen molar-refractivity contribution in [3.8, 4) is 5.75 Å². The highest BCUT2D eigenvalue weighted by atomic mass is 79.9. The summed E-state index contributed by atoms with van der Waals surface area (Å²) in [5.74, 6) is 1.04. The van der Waals surface area contributed by atoms with Crippen molar-refractivity contribution in [2.75, 3.05) is 12.8 Å². The summed E-state index contributed by atoms with van der Waals surface area (Å²) >= 11 is 4.76. The standard InChI is InChI=1S/C14H13BrFNOS/c1-18-13-7-11(17)4-5-14(13)19-8-9-2-3-10(15)6-12(9)16/h2-7H,8,17H2,1H3. The molecular weight excluding hydrogens is 329 g/mol. The van der Waals surface area contributed by atoms with Crippen LogP contribution in [0.15, 0.2) is 45.8 Å². The second-order valence-corrected chi connectivity index (χ2v) is 5.87. The maximum atomic E-state index is 13.7. The van der Waals surface area contributed by atoms with Crippen LogP contribution >= 0.6 is 27.7 Å². The molecule has 2 aromatic rings. The molecule has 0 aliphatic carbocycles. The van der Waals surface area contributed by atoms with Gasteiger partial charge in [-0.15, -0.1) is 11.8 Å². The number of nitrogens with two attached hydrogens (primary N) is 1. The Morgan fingerprint density at radius 1 is 1.26 bits per heavy atom. The van der Waals surface area contributed by atoms with Gasteiger partial charge in [0.15, 0.2) is 0 Å². The van der Waals surface area contributed by atoms with Crippen LogP contribution in [0.1, 0.15) is 5.56 Å². The monoisotopic (exact) mass is 341 g/mol. The maximum Gasteiger partial charge on any atom is 0.134 e. The molecule has 0 spiro atoms. The van der Waals surface area contributed by atoms with Crippen LogP contribution in [0.25, 0.3) is 0 Å². The van der Waals surface area contributed by atoms with Crippen LogP contribution in [-0.4, -0.2) is 7.11 Å². The van der Waals surface area contributed by atoms with Crippen LogP contribution in [0.4, 0.5) is 10.1 Å². The predicted octanol–water partition coefficient (Wildman–Crippen LogP) is 4.47. The molecule has 2 nitrogen and oxygen atoms in total. The first-order valence-corrected chi connectivity index (χ1v) is 7.38. The zero-order chi connectivity index (χ0) is 13.8. The SMILES string of the molecule is COc1cc(N)ccc1SCc1ccc(Br)cc1F. The van der Waals surface area contributed by atoms with Crippen molar-refractivity contribution in [1.82, 2.24) is 0 Å². The van der Waals surface area contributed by atoms with Crippen LogP contribution in [0.2, 0.25) is 0 Å². The molecule has 0 bridgehead atoms. The number of anilines is 1. The summed E-state index contributed by atoms with van der Waals surface area (Å²) in [4.78, 5) is 0.944. The highest BCUT2D eigenvalue weighted by Gasteiger charge is 2.07. The molecule has 100 valence electrons. The summed E-state index contributed by atoms with van der Waals surface area (Å²) in [5, 5.41) is 0. The van der Waals surface area contributed by atoms with Gasteiger partial charge in [-0.2, -0.15) is 0 Å². The van der Waals surface area contributed by atoms with Gasteiger partial charge < -0.3 is 10.5 Å². The number of hydrogen-bond donors (Lipinski definition) is 1. The van der Waals surface area contributed by atoms with Crippen molar-refractivity contribution in [2.24, 2.45) is 0 Å².